The molecule has 50 heavy (non-hydrogen) atoms. The lowest BCUT2D eigenvalue weighted by atomic mass is 10.0. The number of carbonyl (C=O) groups excluding carboxylic acids is 1. The second-order valence-electron chi connectivity index (χ2n) is 15.1. The van der Waals surface area contributed by atoms with E-state index < -0.39 is 5.97 Å². The fraction of sp³-hybridized carbons (Fsp3) is 0.955. The number of amides is 1. The second-order valence-corrected chi connectivity index (χ2v) is 15.1. The number of carboxylic acid groups (broad SMARTS) is 1. The highest BCUT2D eigenvalue weighted by Crippen LogP contribution is 2.15. The molecule has 1 N–H and O–H groups in total. The van der Waals surface area contributed by atoms with Crippen LogP contribution < -0.4 is 0 Å². The Morgan fingerprint density at radius 1 is 0.380 bits per heavy atom. The summed E-state index contributed by atoms with van der Waals surface area (Å²) < 4.78 is 11.7. The van der Waals surface area contributed by atoms with E-state index in [9.17, 15) is 9.59 Å². The van der Waals surface area contributed by atoms with E-state index in [2.05, 4.69) is 13.8 Å². The van der Waals surface area contributed by atoms with Crippen LogP contribution in [0.15, 0.2) is 0 Å². The zero-order valence-corrected chi connectivity index (χ0v) is 33.8. The lowest BCUT2D eigenvalue weighted by Gasteiger charge is -2.22. The van der Waals surface area contributed by atoms with Gasteiger partial charge in [0.1, 0.15) is 0 Å². The van der Waals surface area contributed by atoms with Gasteiger partial charge in [0.25, 0.3) is 0 Å². The van der Waals surface area contributed by atoms with Gasteiger partial charge in [0, 0.05) is 32.7 Å². The summed E-state index contributed by atoms with van der Waals surface area (Å²) in [6.45, 7) is 8.01. The summed E-state index contributed by atoms with van der Waals surface area (Å²) in [5.74, 6) is -1.05. The number of nitrogens with zero attached hydrogens (tertiary/aromatic N) is 1. The van der Waals surface area contributed by atoms with Crippen LogP contribution in [0.5, 0.6) is 0 Å². The standard InChI is InChI=1S/C44H87NO5/c1-3-5-7-9-11-13-15-17-19-21-23-25-27-29-31-33-39-49-41-37-45(43(46)35-36-44(47)48)38-42-50-40-34-32-30-28-26-24-22-20-18-16-14-12-10-8-6-4-2/h3-42H2,1-2H3,(H,47,48). The molecular formula is C44H87NO5. The number of hydrogen-bond donors (Lipinski definition) is 1. The van der Waals surface area contributed by atoms with Crippen molar-refractivity contribution in [2.24, 2.45) is 0 Å². The Kier molecular flexibility index (Phi) is 41.3. The van der Waals surface area contributed by atoms with Gasteiger partial charge in [0.2, 0.25) is 5.91 Å². The van der Waals surface area contributed by atoms with Gasteiger partial charge < -0.3 is 19.5 Å². The van der Waals surface area contributed by atoms with Crippen molar-refractivity contribution in [2.75, 3.05) is 39.5 Å². The van der Waals surface area contributed by atoms with E-state index in [-0.39, 0.29) is 18.7 Å². The Hall–Kier alpha value is -1.14. The first-order chi connectivity index (χ1) is 24.6. The highest BCUT2D eigenvalue weighted by atomic mass is 16.5. The molecule has 0 aromatic heterocycles. The van der Waals surface area contributed by atoms with Crippen LogP contribution in [0, 0.1) is 0 Å². The summed E-state index contributed by atoms with van der Waals surface area (Å²) in [6.07, 6.45) is 43.3. The molecule has 0 bridgehead atoms. The van der Waals surface area contributed by atoms with Crippen LogP contribution in [-0.4, -0.2) is 61.4 Å². The van der Waals surface area contributed by atoms with Crippen LogP contribution in [0.4, 0.5) is 0 Å². The van der Waals surface area contributed by atoms with E-state index in [1.54, 1.807) is 4.90 Å². The van der Waals surface area contributed by atoms with Crippen molar-refractivity contribution in [3.8, 4) is 0 Å². The molecule has 0 aliphatic carbocycles. The predicted molar refractivity (Wildman–Crippen MR) is 214 cm³/mol. The third kappa shape index (κ3) is 39.6. The maximum absolute atomic E-state index is 12.6. The molecule has 298 valence electrons. The van der Waals surface area contributed by atoms with Crippen molar-refractivity contribution in [1.29, 1.82) is 0 Å². The molecule has 0 unspecified atom stereocenters. The number of carbonyl (C=O) groups is 2. The van der Waals surface area contributed by atoms with E-state index in [0.29, 0.717) is 26.3 Å². The first-order valence-corrected chi connectivity index (χ1v) is 22.3. The average Bonchev–Trinajstić information content (AvgIpc) is 3.11. The number of ether oxygens (including phenoxy) is 2. The summed E-state index contributed by atoms with van der Waals surface area (Å²) in [7, 11) is 0. The summed E-state index contributed by atoms with van der Waals surface area (Å²) in [4.78, 5) is 25.4. The Balaban J connectivity index is 3.69. The summed E-state index contributed by atoms with van der Waals surface area (Å²) in [5, 5.41) is 9.01. The molecule has 0 rings (SSSR count). The van der Waals surface area contributed by atoms with E-state index in [4.69, 9.17) is 14.6 Å². The van der Waals surface area contributed by atoms with E-state index in [1.807, 2.05) is 0 Å². The predicted octanol–water partition coefficient (Wildman–Crippen LogP) is 13.2. The van der Waals surface area contributed by atoms with Gasteiger partial charge in [0.05, 0.1) is 19.6 Å². The Labute approximate surface area is 312 Å². The van der Waals surface area contributed by atoms with Crippen LogP contribution >= 0.6 is 0 Å². The molecule has 1 amide bonds. The topological polar surface area (TPSA) is 76.1 Å². The molecule has 0 saturated heterocycles. The molecule has 6 nitrogen and oxygen atoms in total. The third-order valence-electron chi connectivity index (χ3n) is 10.2. The molecule has 0 aliphatic rings. The van der Waals surface area contributed by atoms with E-state index >= 15 is 0 Å². The van der Waals surface area contributed by atoms with Crippen LogP contribution in [0.2, 0.25) is 0 Å². The summed E-state index contributed by atoms with van der Waals surface area (Å²) in [6, 6.07) is 0. The van der Waals surface area contributed by atoms with Gasteiger partial charge in [-0.05, 0) is 12.8 Å². The molecule has 0 aromatic rings. The molecule has 0 aliphatic heterocycles. The minimum Gasteiger partial charge on any atom is -0.481 e. The smallest absolute Gasteiger partial charge is 0.303 e. The molecule has 6 heteroatoms. The average molecular weight is 710 g/mol. The van der Waals surface area contributed by atoms with Crippen LogP contribution in [0.3, 0.4) is 0 Å². The van der Waals surface area contributed by atoms with Gasteiger partial charge >= 0.3 is 5.97 Å². The van der Waals surface area contributed by atoms with Gasteiger partial charge in [0.15, 0.2) is 0 Å². The van der Waals surface area contributed by atoms with Crippen LogP contribution in [-0.2, 0) is 19.1 Å². The van der Waals surface area contributed by atoms with E-state index in [1.165, 1.54) is 193 Å². The normalized spacial score (nSPS) is 11.4. The number of aliphatic carboxylic acids is 1. The van der Waals surface area contributed by atoms with Gasteiger partial charge in [-0.15, -0.1) is 0 Å². The highest BCUT2D eigenvalue weighted by Gasteiger charge is 2.14. The fourth-order valence-corrected chi connectivity index (χ4v) is 6.79. The zero-order valence-electron chi connectivity index (χ0n) is 33.8. The van der Waals surface area contributed by atoms with Gasteiger partial charge in [-0.2, -0.15) is 0 Å². The lowest BCUT2D eigenvalue weighted by Crippen LogP contribution is -2.37. The maximum atomic E-state index is 12.6. The van der Waals surface area contributed by atoms with Crippen molar-refractivity contribution < 1.29 is 24.2 Å². The van der Waals surface area contributed by atoms with Crippen molar-refractivity contribution in [3.63, 3.8) is 0 Å². The number of rotatable bonds is 43. The quantitative estimate of drug-likeness (QED) is 0.0638. The number of carboxylic acids is 1. The highest BCUT2D eigenvalue weighted by molar-refractivity contribution is 5.80. The van der Waals surface area contributed by atoms with Crippen LogP contribution in [0.25, 0.3) is 0 Å². The largest absolute Gasteiger partial charge is 0.481 e. The monoisotopic (exact) mass is 710 g/mol. The van der Waals surface area contributed by atoms with Crippen molar-refractivity contribution in [3.05, 3.63) is 0 Å². The Morgan fingerprint density at radius 2 is 0.640 bits per heavy atom. The molecule has 0 radical (unpaired) electrons. The van der Waals surface area contributed by atoms with Crippen molar-refractivity contribution in [2.45, 2.75) is 232 Å². The molecule has 0 aromatic carbocycles. The Morgan fingerprint density at radius 3 is 0.900 bits per heavy atom. The first-order valence-electron chi connectivity index (χ1n) is 22.3. The number of hydrogen-bond acceptors (Lipinski definition) is 4. The molecular weight excluding hydrogens is 622 g/mol. The third-order valence-corrected chi connectivity index (χ3v) is 10.2. The van der Waals surface area contributed by atoms with Crippen LogP contribution in [0.1, 0.15) is 232 Å². The second kappa shape index (κ2) is 42.3. The molecule has 0 atom stereocenters. The number of unbranched alkanes of at least 4 members (excludes halogenated alkanes) is 30. The lowest BCUT2D eigenvalue weighted by molar-refractivity contribution is -0.141. The molecule has 0 spiro atoms. The summed E-state index contributed by atoms with van der Waals surface area (Å²) >= 11 is 0. The first kappa shape index (κ1) is 48.9. The maximum Gasteiger partial charge on any atom is 0.303 e. The van der Waals surface area contributed by atoms with Gasteiger partial charge in [-0.1, -0.05) is 206 Å². The fourth-order valence-electron chi connectivity index (χ4n) is 6.79. The van der Waals surface area contributed by atoms with Crippen molar-refractivity contribution >= 4 is 11.9 Å². The zero-order chi connectivity index (χ0) is 36.4. The van der Waals surface area contributed by atoms with E-state index in [0.717, 1.165) is 26.1 Å². The summed E-state index contributed by atoms with van der Waals surface area (Å²) in [5.41, 5.74) is 0. The van der Waals surface area contributed by atoms with Crippen molar-refractivity contribution in [1.82, 2.24) is 4.90 Å². The minimum absolute atomic E-state index is 0.0353. The minimum atomic E-state index is -0.933. The van der Waals surface area contributed by atoms with Gasteiger partial charge in [-0.25, -0.2) is 0 Å². The molecule has 0 heterocycles. The Bertz CT molecular complexity index is 645. The molecule has 0 fully saturated rings. The molecule has 0 saturated carbocycles. The van der Waals surface area contributed by atoms with Gasteiger partial charge in [-0.3, -0.25) is 9.59 Å². The SMILES string of the molecule is CCCCCCCCCCCCCCCCCCOCCN(CCOCCCCCCCCCCCCCCCCCC)C(=O)CCC(=O)O.